The molecule has 0 saturated heterocycles. The summed E-state index contributed by atoms with van der Waals surface area (Å²) >= 11 is 0. The molecule has 1 nitrogen and oxygen atoms in total. The van der Waals surface area contributed by atoms with E-state index >= 15 is 0 Å². The summed E-state index contributed by atoms with van der Waals surface area (Å²) < 4.78 is 0. The first-order valence-corrected chi connectivity index (χ1v) is 7.12. The van der Waals surface area contributed by atoms with Crippen molar-refractivity contribution in [2.24, 2.45) is 0 Å². The van der Waals surface area contributed by atoms with Crippen LogP contribution in [0.15, 0.2) is 66.7 Å². The largest absolute Gasteiger partial charge is 0.508 e. The standard InChI is InChI=1S/C13H10.C7H8O/c1-9-5-4-8-12-10-6-2-3-7-11(10)13(9)12;1-6-2-4-7(8)5-3-6/h2-8H,1H3;2-5,8H,1H3. The lowest BCUT2D eigenvalue weighted by Gasteiger charge is -2.06. The monoisotopic (exact) mass is 274 g/mol. The minimum absolute atomic E-state index is 0.329. The van der Waals surface area contributed by atoms with E-state index in [-0.39, 0.29) is 0 Å². The van der Waals surface area contributed by atoms with Gasteiger partial charge in [-0.3, -0.25) is 0 Å². The SMILES string of the molecule is Cc1ccc(O)cc1.Cc1cccc2c1=c1ccccc1=2. The zero-order valence-electron chi connectivity index (χ0n) is 12.3. The summed E-state index contributed by atoms with van der Waals surface area (Å²) in [4.78, 5) is 0. The van der Waals surface area contributed by atoms with Crippen LogP contribution >= 0.6 is 0 Å². The Bertz CT molecular complexity index is 933. The van der Waals surface area contributed by atoms with Crippen LogP contribution < -0.4 is 0 Å². The number of hydrogen-bond donors (Lipinski definition) is 1. The van der Waals surface area contributed by atoms with Crippen LogP contribution in [0.25, 0.3) is 0 Å². The van der Waals surface area contributed by atoms with Crippen molar-refractivity contribution in [1.82, 2.24) is 0 Å². The van der Waals surface area contributed by atoms with Gasteiger partial charge in [0.25, 0.3) is 0 Å². The number of aromatic hydroxyl groups is 1. The molecule has 0 spiro atoms. The fourth-order valence-electron chi connectivity index (χ4n) is 2.67. The number of benzene rings is 3. The van der Waals surface area contributed by atoms with Crippen molar-refractivity contribution in [3.63, 3.8) is 0 Å². The lowest BCUT2D eigenvalue weighted by atomic mass is 9.98. The molecule has 1 heteroatoms. The van der Waals surface area contributed by atoms with Gasteiger partial charge in [0.05, 0.1) is 0 Å². The van der Waals surface area contributed by atoms with Gasteiger partial charge in [-0.25, -0.2) is 0 Å². The fourth-order valence-corrected chi connectivity index (χ4v) is 2.67. The molecule has 104 valence electrons. The van der Waals surface area contributed by atoms with Crippen molar-refractivity contribution in [2.75, 3.05) is 0 Å². The second-order valence-corrected chi connectivity index (χ2v) is 5.38. The highest BCUT2D eigenvalue weighted by Gasteiger charge is 2.01. The lowest BCUT2D eigenvalue weighted by molar-refractivity contribution is 0.475. The molecule has 4 rings (SSSR count). The molecule has 0 aliphatic heterocycles. The van der Waals surface area contributed by atoms with Crippen LogP contribution in [0.1, 0.15) is 11.1 Å². The Balaban J connectivity index is 0.000000143. The van der Waals surface area contributed by atoms with Gasteiger partial charge in [0.1, 0.15) is 5.75 Å². The Morgan fingerprint density at radius 1 is 0.619 bits per heavy atom. The number of hydrogen-bond acceptors (Lipinski definition) is 1. The molecule has 3 aromatic carbocycles. The van der Waals surface area contributed by atoms with Gasteiger partial charge in [-0.1, -0.05) is 60.2 Å². The molecule has 1 N–H and O–H groups in total. The highest BCUT2D eigenvalue weighted by atomic mass is 16.3. The molecule has 1 aliphatic rings. The molecule has 0 radical (unpaired) electrons. The molecular weight excluding hydrogens is 256 g/mol. The van der Waals surface area contributed by atoms with E-state index in [1.165, 1.54) is 32.0 Å². The van der Waals surface area contributed by atoms with Crippen molar-refractivity contribution in [3.8, 4) is 5.75 Å². The first-order valence-electron chi connectivity index (χ1n) is 7.12. The number of phenolic OH excluding ortho intramolecular Hbond substituents is 1. The second kappa shape index (κ2) is 5.45. The van der Waals surface area contributed by atoms with Gasteiger partial charge in [0.2, 0.25) is 0 Å². The summed E-state index contributed by atoms with van der Waals surface area (Å²) in [6, 6.07) is 22.2. The molecule has 0 amide bonds. The minimum atomic E-state index is 0.329. The van der Waals surface area contributed by atoms with E-state index < -0.39 is 0 Å². The highest BCUT2D eigenvalue weighted by Crippen LogP contribution is 2.15. The number of fused-ring (bicyclic) bond motifs is 2. The van der Waals surface area contributed by atoms with Crippen LogP contribution in [0, 0.1) is 34.7 Å². The van der Waals surface area contributed by atoms with Gasteiger partial charge >= 0.3 is 0 Å². The molecule has 0 atom stereocenters. The minimum Gasteiger partial charge on any atom is -0.508 e. The summed E-state index contributed by atoms with van der Waals surface area (Å²) in [5, 5.41) is 14.4. The first-order chi connectivity index (χ1) is 10.2. The summed E-state index contributed by atoms with van der Waals surface area (Å²) in [5.74, 6) is 0.329. The smallest absolute Gasteiger partial charge is 0.115 e. The van der Waals surface area contributed by atoms with E-state index in [4.69, 9.17) is 5.11 Å². The predicted molar refractivity (Wildman–Crippen MR) is 85.8 cm³/mol. The maximum atomic E-state index is 8.76. The molecule has 0 aromatic heterocycles. The summed E-state index contributed by atoms with van der Waals surface area (Å²) in [6.45, 7) is 4.16. The third kappa shape index (κ3) is 2.55. The van der Waals surface area contributed by atoms with Crippen molar-refractivity contribution >= 4 is 0 Å². The molecule has 21 heavy (non-hydrogen) atoms. The Hall–Kier alpha value is -2.54. The summed E-state index contributed by atoms with van der Waals surface area (Å²) in [7, 11) is 0. The average molecular weight is 274 g/mol. The van der Waals surface area contributed by atoms with Crippen LogP contribution in [-0.2, 0) is 0 Å². The van der Waals surface area contributed by atoms with Crippen LogP contribution in [0.4, 0.5) is 0 Å². The quantitative estimate of drug-likeness (QED) is 0.497. The van der Waals surface area contributed by atoms with E-state index in [1.54, 1.807) is 12.1 Å². The molecule has 0 heterocycles. The van der Waals surface area contributed by atoms with E-state index in [1.807, 2.05) is 19.1 Å². The summed E-state index contributed by atoms with van der Waals surface area (Å²) in [6.07, 6.45) is 0. The number of rotatable bonds is 0. The van der Waals surface area contributed by atoms with Crippen LogP contribution in [0.2, 0.25) is 0 Å². The maximum absolute atomic E-state index is 8.76. The Kier molecular flexibility index (Phi) is 3.49. The molecule has 0 unspecified atom stereocenters. The van der Waals surface area contributed by atoms with E-state index in [0.29, 0.717) is 5.75 Å². The van der Waals surface area contributed by atoms with Crippen LogP contribution in [-0.4, -0.2) is 5.11 Å². The van der Waals surface area contributed by atoms with Crippen molar-refractivity contribution in [1.29, 1.82) is 0 Å². The van der Waals surface area contributed by atoms with E-state index in [0.717, 1.165) is 0 Å². The highest BCUT2D eigenvalue weighted by molar-refractivity contribution is 5.33. The van der Waals surface area contributed by atoms with E-state index in [2.05, 4.69) is 49.4 Å². The van der Waals surface area contributed by atoms with Crippen molar-refractivity contribution in [2.45, 2.75) is 13.8 Å². The van der Waals surface area contributed by atoms with Gasteiger partial charge < -0.3 is 5.11 Å². The Morgan fingerprint density at radius 3 is 1.90 bits per heavy atom. The van der Waals surface area contributed by atoms with Gasteiger partial charge in [-0.15, -0.1) is 0 Å². The van der Waals surface area contributed by atoms with Gasteiger partial charge in [0.15, 0.2) is 0 Å². The fraction of sp³-hybridized carbons (Fsp3) is 0.100. The molecular formula is C20H18O. The second-order valence-electron chi connectivity index (χ2n) is 5.38. The number of aryl methyl sites for hydroxylation is 2. The van der Waals surface area contributed by atoms with Gasteiger partial charge in [0, 0.05) is 0 Å². The zero-order valence-corrected chi connectivity index (χ0v) is 12.3. The molecule has 0 bridgehead atoms. The first kappa shape index (κ1) is 13.4. The van der Waals surface area contributed by atoms with Gasteiger partial charge in [-0.05, 0) is 52.4 Å². The predicted octanol–water partition coefficient (Wildman–Crippen LogP) is 4.58. The van der Waals surface area contributed by atoms with Crippen molar-refractivity contribution in [3.05, 3.63) is 98.7 Å². The van der Waals surface area contributed by atoms with Crippen LogP contribution in [0.5, 0.6) is 5.75 Å². The molecule has 1 aliphatic carbocycles. The molecule has 3 aromatic rings. The van der Waals surface area contributed by atoms with E-state index in [9.17, 15) is 0 Å². The Morgan fingerprint density at radius 2 is 1.24 bits per heavy atom. The number of phenols is 1. The average Bonchev–Trinajstić information content (AvgIpc) is 2.48. The molecule has 0 fully saturated rings. The molecule has 0 saturated carbocycles. The van der Waals surface area contributed by atoms with Crippen molar-refractivity contribution < 1.29 is 5.11 Å². The third-order valence-corrected chi connectivity index (χ3v) is 3.79. The lowest BCUT2D eigenvalue weighted by Crippen LogP contribution is -1.92. The normalized spacial score (nSPS) is 10.6. The zero-order chi connectivity index (χ0) is 14.8. The summed E-state index contributed by atoms with van der Waals surface area (Å²) in [5.41, 5.74) is 2.55. The third-order valence-electron chi connectivity index (χ3n) is 3.79. The topological polar surface area (TPSA) is 20.2 Å². The van der Waals surface area contributed by atoms with Crippen LogP contribution in [0.3, 0.4) is 0 Å². The Labute approximate surface area is 124 Å². The van der Waals surface area contributed by atoms with Gasteiger partial charge in [-0.2, -0.15) is 0 Å². The maximum Gasteiger partial charge on any atom is 0.115 e.